The van der Waals surface area contributed by atoms with E-state index >= 15 is 0 Å². The lowest BCUT2D eigenvalue weighted by atomic mass is 10.1. The van der Waals surface area contributed by atoms with Crippen molar-refractivity contribution in [1.29, 1.82) is 0 Å². The first kappa shape index (κ1) is 12.9. The zero-order valence-electron chi connectivity index (χ0n) is 11.2. The van der Waals surface area contributed by atoms with Gasteiger partial charge in [-0.25, -0.2) is 0 Å². The molecule has 1 aromatic heterocycles. The molecule has 0 radical (unpaired) electrons. The van der Waals surface area contributed by atoms with Gasteiger partial charge in [0.2, 0.25) is 0 Å². The first-order valence-electron chi connectivity index (χ1n) is 6.62. The van der Waals surface area contributed by atoms with Gasteiger partial charge >= 0.3 is 0 Å². The summed E-state index contributed by atoms with van der Waals surface area (Å²) in [6.07, 6.45) is 2.07. The molecule has 2 aromatic rings. The number of anilines is 1. The molecule has 7 nitrogen and oxygen atoms in total. The number of nitro groups is 1. The number of benzene rings is 1. The average molecular weight is 276 g/mol. The van der Waals surface area contributed by atoms with Gasteiger partial charge in [0.25, 0.3) is 11.7 Å². The molecular weight excluding hydrogens is 260 g/mol. The molecule has 0 saturated carbocycles. The highest BCUT2D eigenvalue weighted by Gasteiger charge is 2.19. The van der Waals surface area contributed by atoms with Crippen LogP contribution in [-0.4, -0.2) is 41.0 Å². The zero-order chi connectivity index (χ0) is 14.1. The van der Waals surface area contributed by atoms with Crippen molar-refractivity contribution in [2.75, 3.05) is 25.5 Å². The minimum atomic E-state index is -0.438. The standard InChI is InChI=1S/C13H16N4O3/c1-16-6-4-9(5-7-16)14-13-15-11-3-2-10(17(18)19)8-12(11)20-13/h2-3,8-9H,4-7H2,1H3,(H,14,15). The minimum Gasteiger partial charge on any atom is -0.423 e. The molecule has 20 heavy (non-hydrogen) atoms. The molecule has 1 aliphatic heterocycles. The van der Waals surface area contributed by atoms with Crippen molar-refractivity contribution in [3.8, 4) is 0 Å². The molecule has 1 aromatic carbocycles. The highest BCUT2D eigenvalue weighted by Crippen LogP contribution is 2.25. The fourth-order valence-electron chi connectivity index (χ4n) is 2.42. The highest BCUT2D eigenvalue weighted by atomic mass is 16.6. The van der Waals surface area contributed by atoms with Crippen LogP contribution >= 0.6 is 0 Å². The molecule has 1 aliphatic rings. The number of likely N-dealkylation sites (tertiary alicyclic amines) is 1. The van der Waals surface area contributed by atoms with Crippen molar-refractivity contribution in [2.45, 2.75) is 18.9 Å². The Kier molecular flexibility index (Phi) is 3.27. The zero-order valence-corrected chi connectivity index (χ0v) is 11.2. The first-order chi connectivity index (χ1) is 9.61. The Bertz CT molecular complexity index is 632. The summed E-state index contributed by atoms with van der Waals surface area (Å²) in [6.45, 7) is 2.09. The van der Waals surface area contributed by atoms with Crippen molar-refractivity contribution in [3.63, 3.8) is 0 Å². The van der Waals surface area contributed by atoms with Gasteiger partial charge in [-0.2, -0.15) is 4.98 Å². The van der Waals surface area contributed by atoms with E-state index in [1.165, 1.54) is 12.1 Å². The Morgan fingerprint density at radius 2 is 2.20 bits per heavy atom. The van der Waals surface area contributed by atoms with Crippen LogP contribution in [0.1, 0.15) is 12.8 Å². The molecule has 0 spiro atoms. The van der Waals surface area contributed by atoms with E-state index in [0.29, 0.717) is 23.2 Å². The summed E-state index contributed by atoms with van der Waals surface area (Å²) in [5.41, 5.74) is 1.08. The molecule has 1 saturated heterocycles. The van der Waals surface area contributed by atoms with Crippen molar-refractivity contribution in [3.05, 3.63) is 28.3 Å². The number of rotatable bonds is 3. The van der Waals surface area contributed by atoms with Gasteiger partial charge in [-0.1, -0.05) is 0 Å². The van der Waals surface area contributed by atoms with Crippen molar-refractivity contribution >= 4 is 22.8 Å². The van der Waals surface area contributed by atoms with Crippen molar-refractivity contribution in [2.24, 2.45) is 0 Å². The summed E-state index contributed by atoms with van der Waals surface area (Å²) in [4.78, 5) is 16.9. The normalized spacial score (nSPS) is 17.4. The van der Waals surface area contributed by atoms with Crippen molar-refractivity contribution < 1.29 is 9.34 Å². The van der Waals surface area contributed by atoms with Gasteiger partial charge in [0.15, 0.2) is 5.58 Å². The fraction of sp³-hybridized carbons (Fsp3) is 0.462. The van der Waals surface area contributed by atoms with Crippen LogP contribution in [0.5, 0.6) is 0 Å². The molecule has 0 unspecified atom stereocenters. The lowest BCUT2D eigenvalue weighted by Crippen LogP contribution is -2.36. The van der Waals surface area contributed by atoms with E-state index in [-0.39, 0.29) is 5.69 Å². The van der Waals surface area contributed by atoms with E-state index in [4.69, 9.17) is 4.42 Å². The summed E-state index contributed by atoms with van der Waals surface area (Å²) in [6, 6.07) is 5.23. The summed E-state index contributed by atoms with van der Waals surface area (Å²) in [5, 5.41) is 14.0. The molecule has 2 heterocycles. The maximum absolute atomic E-state index is 10.7. The quantitative estimate of drug-likeness (QED) is 0.683. The van der Waals surface area contributed by atoms with E-state index in [9.17, 15) is 10.1 Å². The molecule has 0 atom stereocenters. The molecule has 1 fully saturated rings. The summed E-state index contributed by atoms with van der Waals surface area (Å²) in [5.74, 6) is 0. The fourth-order valence-corrected chi connectivity index (χ4v) is 2.42. The summed E-state index contributed by atoms with van der Waals surface area (Å²) >= 11 is 0. The second-order valence-electron chi connectivity index (χ2n) is 5.15. The molecule has 0 amide bonds. The molecular formula is C13H16N4O3. The second-order valence-corrected chi connectivity index (χ2v) is 5.15. The van der Waals surface area contributed by atoms with Crippen LogP contribution in [0, 0.1) is 10.1 Å². The van der Waals surface area contributed by atoms with E-state index in [2.05, 4.69) is 22.2 Å². The predicted molar refractivity (Wildman–Crippen MR) is 74.8 cm³/mol. The van der Waals surface area contributed by atoms with E-state index in [1.807, 2.05) is 0 Å². The summed E-state index contributed by atoms with van der Waals surface area (Å²) in [7, 11) is 2.11. The van der Waals surface area contributed by atoms with Gasteiger partial charge in [-0.05, 0) is 39.0 Å². The predicted octanol–water partition coefficient (Wildman–Crippen LogP) is 2.24. The maximum Gasteiger partial charge on any atom is 0.295 e. The Morgan fingerprint density at radius 1 is 1.45 bits per heavy atom. The summed E-state index contributed by atoms with van der Waals surface area (Å²) < 4.78 is 5.55. The number of aromatic nitrogens is 1. The molecule has 7 heteroatoms. The van der Waals surface area contributed by atoms with Gasteiger partial charge in [-0.15, -0.1) is 0 Å². The Labute approximate surface area is 115 Å². The molecule has 3 rings (SSSR count). The van der Waals surface area contributed by atoms with Crippen LogP contribution in [0.15, 0.2) is 22.6 Å². The minimum absolute atomic E-state index is 0.0134. The third-order valence-electron chi connectivity index (χ3n) is 3.63. The molecule has 106 valence electrons. The topological polar surface area (TPSA) is 84.4 Å². The third-order valence-corrected chi connectivity index (χ3v) is 3.63. The van der Waals surface area contributed by atoms with Crippen molar-refractivity contribution in [1.82, 2.24) is 9.88 Å². The maximum atomic E-state index is 10.7. The third kappa shape index (κ3) is 2.57. The van der Waals surface area contributed by atoms with Crippen LogP contribution in [0.25, 0.3) is 11.1 Å². The monoisotopic (exact) mass is 276 g/mol. The first-order valence-corrected chi connectivity index (χ1v) is 6.62. The molecule has 0 bridgehead atoms. The van der Waals surface area contributed by atoms with Crippen LogP contribution in [0.3, 0.4) is 0 Å². The molecule has 0 aliphatic carbocycles. The average Bonchev–Trinajstić information content (AvgIpc) is 2.82. The van der Waals surface area contributed by atoms with Gasteiger partial charge in [0.05, 0.1) is 11.0 Å². The SMILES string of the molecule is CN1CCC(Nc2nc3ccc([N+](=O)[O-])cc3o2)CC1. The number of nitrogens with one attached hydrogen (secondary N) is 1. The Balaban J connectivity index is 1.77. The number of non-ortho nitro benzene ring substituents is 1. The van der Waals surface area contributed by atoms with Gasteiger partial charge in [0.1, 0.15) is 5.52 Å². The number of oxazole rings is 1. The lowest BCUT2D eigenvalue weighted by Gasteiger charge is -2.28. The lowest BCUT2D eigenvalue weighted by molar-refractivity contribution is -0.384. The molecule has 1 N–H and O–H groups in total. The van der Waals surface area contributed by atoms with E-state index in [0.717, 1.165) is 25.9 Å². The number of fused-ring (bicyclic) bond motifs is 1. The van der Waals surface area contributed by atoms with Gasteiger partial charge in [-0.3, -0.25) is 10.1 Å². The van der Waals surface area contributed by atoms with Crippen LogP contribution < -0.4 is 5.32 Å². The van der Waals surface area contributed by atoms with Crippen LogP contribution in [0.2, 0.25) is 0 Å². The van der Waals surface area contributed by atoms with E-state index in [1.54, 1.807) is 6.07 Å². The van der Waals surface area contributed by atoms with Gasteiger partial charge < -0.3 is 14.6 Å². The number of nitro benzene ring substituents is 1. The second kappa shape index (κ2) is 5.09. The number of hydrogen-bond donors (Lipinski definition) is 1. The smallest absolute Gasteiger partial charge is 0.295 e. The number of hydrogen-bond acceptors (Lipinski definition) is 6. The Hall–Kier alpha value is -2.15. The van der Waals surface area contributed by atoms with E-state index < -0.39 is 4.92 Å². The Morgan fingerprint density at radius 3 is 2.90 bits per heavy atom. The van der Waals surface area contributed by atoms with Crippen LogP contribution in [0.4, 0.5) is 11.7 Å². The number of nitrogens with zero attached hydrogens (tertiary/aromatic N) is 3. The van der Waals surface area contributed by atoms with Gasteiger partial charge in [0, 0.05) is 12.1 Å². The highest BCUT2D eigenvalue weighted by molar-refractivity contribution is 5.77. The number of piperidine rings is 1. The largest absolute Gasteiger partial charge is 0.423 e. The van der Waals surface area contributed by atoms with Crippen LogP contribution in [-0.2, 0) is 0 Å².